The molecule has 0 spiro atoms. The standard InChI is InChI=1S/C14H13N3S/c15-8-13-9-16-14(18-13)17-12-6-5-10-3-1-2-4-11(10)7-12/h1-7,9H,8,15H2,(H,16,17). The van der Waals surface area contributed by atoms with Crippen molar-refractivity contribution in [3.63, 3.8) is 0 Å². The quantitative estimate of drug-likeness (QED) is 0.753. The number of benzene rings is 2. The molecule has 0 radical (unpaired) electrons. The summed E-state index contributed by atoms with van der Waals surface area (Å²) in [4.78, 5) is 5.37. The van der Waals surface area contributed by atoms with E-state index in [-0.39, 0.29) is 0 Å². The maximum Gasteiger partial charge on any atom is 0.187 e. The third-order valence-corrected chi connectivity index (χ3v) is 3.69. The van der Waals surface area contributed by atoms with Crippen LogP contribution in [-0.4, -0.2) is 4.98 Å². The fraction of sp³-hybridized carbons (Fsp3) is 0.0714. The third-order valence-electron chi connectivity index (χ3n) is 2.76. The van der Waals surface area contributed by atoms with Gasteiger partial charge in [-0.3, -0.25) is 0 Å². The summed E-state index contributed by atoms with van der Waals surface area (Å²) in [6.07, 6.45) is 1.81. The number of hydrogen-bond donors (Lipinski definition) is 2. The number of anilines is 2. The maximum atomic E-state index is 5.57. The number of thiazole rings is 1. The van der Waals surface area contributed by atoms with Crippen molar-refractivity contribution >= 4 is 32.9 Å². The minimum atomic E-state index is 0.539. The minimum Gasteiger partial charge on any atom is -0.332 e. The molecule has 0 atom stereocenters. The van der Waals surface area contributed by atoms with Gasteiger partial charge in [0.1, 0.15) is 0 Å². The first-order valence-corrected chi connectivity index (χ1v) is 6.57. The zero-order chi connectivity index (χ0) is 12.4. The summed E-state index contributed by atoms with van der Waals surface area (Å²) in [5.41, 5.74) is 6.62. The van der Waals surface area contributed by atoms with Gasteiger partial charge in [0.25, 0.3) is 0 Å². The van der Waals surface area contributed by atoms with Gasteiger partial charge in [-0.15, -0.1) is 11.3 Å². The molecule has 0 aliphatic heterocycles. The van der Waals surface area contributed by atoms with Gasteiger partial charge in [-0.25, -0.2) is 4.98 Å². The number of nitrogens with two attached hydrogens (primary N) is 1. The third kappa shape index (κ3) is 2.20. The van der Waals surface area contributed by atoms with Crippen molar-refractivity contribution in [1.29, 1.82) is 0 Å². The number of rotatable bonds is 3. The van der Waals surface area contributed by atoms with Crippen LogP contribution in [0.15, 0.2) is 48.7 Å². The van der Waals surface area contributed by atoms with Gasteiger partial charge in [-0.2, -0.15) is 0 Å². The monoisotopic (exact) mass is 255 g/mol. The van der Waals surface area contributed by atoms with Crippen molar-refractivity contribution in [1.82, 2.24) is 4.98 Å². The van der Waals surface area contributed by atoms with Crippen molar-refractivity contribution in [2.75, 3.05) is 5.32 Å². The number of nitrogens with zero attached hydrogens (tertiary/aromatic N) is 1. The lowest BCUT2D eigenvalue weighted by Crippen LogP contribution is -1.91. The van der Waals surface area contributed by atoms with Crippen LogP contribution < -0.4 is 11.1 Å². The Balaban J connectivity index is 1.90. The Morgan fingerprint density at radius 1 is 1.11 bits per heavy atom. The van der Waals surface area contributed by atoms with Crippen molar-refractivity contribution in [2.24, 2.45) is 5.73 Å². The Morgan fingerprint density at radius 2 is 1.94 bits per heavy atom. The Hall–Kier alpha value is -1.91. The van der Waals surface area contributed by atoms with E-state index < -0.39 is 0 Å². The second-order valence-electron chi connectivity index (χ2n) is 4.02. The molecule has 0 aliphatic rings. The Labute approximate surface area is 109 Å². The molecule has 0 unspecified atom stereocenters. The highest BCUT2D eigenvalue weighted by Crippen LogP contribution is 2.25. The number of fused-ring (bicyclic) bond motifs is 1. The molecule has 1 heterocycles. The van der Waals surface area contributed by atoms with Crippen LogP contribution in [0.3, 0.4) is 0 Å². The van der Waals surface area contributed by atoms with Crippen LogP contribution in [0, 0.1) is 0 Å². The first-order chi connectivity index (χ1) is 8.85. The van der Waals surface area contributed by atoms with E-state index in [2.05, 4.69) is 40.6 Å². The molecule has 90 valence electrons. The molecular weight excluding hydrogens is 242 g/mol. The van der Waals surface area contributed by atoms with Crippen molar-refractivity contribution in [3.8, 4) is 0 Å². The topological polar surface area (TPSA) is 50.9 Å². The van der Waals surface area contributed by atoms with Crippen LogP contribution in [0.4, 0.5) is 10.8 Å². The van der Waals surface area contributed by atoms with Crippen LogP contribution in [0.2, 0.25) is 0 Å². The second-order valence-corrected chi connectivity index (χ2v) is 5.14. The van der Waals surface area contributed by atoms with Crippen molar-refractivity contribution in [2.45, 2.75) is 6.54 Å². The highest BCUT2D eigenvalue weighted by Gasteiger charge is 2.01. The Kier molecular flexibility index (Phi) is 2.96. The minimum absolute atomic E-state index is 0.539. The van der Waals surface area contributed by atoms with Crippen LogP contribution in [0.5, 0.6) is 0 Å². The summed E-state index contributed by atoms with van der Waals surface area (Å²) >= 11 is 1.59. The van der Waals surface area contributed by atoms with Crippen LogP contribution in [0.1, 0.15) is 4.88 Å². The molecule has 0 saturated carbocycles. The van der Waals surface area contributed by atoms with Crippen molar-refractivity contribution in [3.05, 3.63) is 53.5 Å². The van der Waals surface area contributed by atoms with Crippen LogP contribution >= 0.6 is 11.3 Å². The lowest BCUT2D eigenvalue weighted by molar-refractivity contribution is 1.10. The van der Waals surface area contributed by atoms with Gasteiger partial charge in [0.05, 0.1) is 0 Å². The van der Waals surface area contributed by atoms with Crippen LogP contribution in [0.25, 0.3) is 10.8 Å². The van der Waals surface area contributed by atoms with Crippen molar-refractivity contribution < 1.29 is 0 Å². The molecule has 2 aromatic carbocycles. The SMILES string of the molecule is NCc1cnc(Nc2ccc3ccccc3c2)s1. The molecule has 3 N–H and O–H groups in total. The molecule has 18 heavy (non-hydrogen) atoms. The van der Waals surface area contributed by atoms with Gasteiger partial charge in [0.2, 0.25) is 0 Å². The summed E-state index contributed by atoms with van der Waals surface area (Å²) in [6, 6.07) is 14.6. The predicted octanol–water partition coefficient (Wildman–Crippen LogP) is 3.50. The van der Waals surface area contributed by atoms with E-state index >= 15 is 0 Å². The molecular formula is C14H13N3S. The summed E-state index contributed by atoms with van der Waals surface area (Å²) in [5, 5.41) is 6.64. The molecule has 0 saturated heterocycles. The van der Waals surface area contributed by atoms with Gasteiger partial charge >= 0.3 is 0 Å². The van der Waals surface area contributed by atoms with E-state index in [1.54, 1.807) is 11.3 Å². The van der Waals surface area contributed by atoms with Gasteiger partial charge in [-0.1, -0.05) is 30.3 Å². The average molecular weight is 255 g/mol. The molecule has 3 aromatic rings. The lowest BCUT2D eigenvalue weighted by atomic mass is 10.1. The molecule has 0 bridgehead atoms. The van der Waals surface area contributed by atoms with E-state index in [1.807, 2.05) is 18.3 Å². The zero-order valence-electron chi connectivity index (χ0n) is 9.76. The van der Waals surface area contributed by atoms with Gasteiger partial charge in [0.15, 0.2) is 5.13 Å². The number of nitrogens with one attached hydrogen (secondary N) is 1. The summed E-state index contributed by atoms with van der Waals surface area (Å²) in [7, 11) is 0. The smallest absolute Gasteiger partial charge is 0.187 e. The molecule has 0 amide bonds. The Morgan fingerprint density at radius 3 is 2.72 bits per heavy atom. The lowest BCUT2D eigenvalue weighted by Gasteiger charge is -2.04. The fourth-order valence-corrected chi connectivity index (χ4v) is 2.56. The molecule has 3 nitrogen and oxygen atoms in total. The van der Waals surface area contributed by atoms with E-state index in [4.69, 9.17) is 5.73 Å². The maximum absolute atomic E-state index is 5.57. The van der Waals surface area contributed by atoms with E-state index in [0.29, 0.717) is 6.54 Å². The highest BCUT2D eigenvalue weighted by atomic mass is 32.1. The zero-order valence-corrected chi connectivity index (χ0v) is 10.6. The predicted molar refractivity (Wildman–Crippen MR) is 77.2 cm³/mol. The first-order valence-electron chi connectivity index (χ1n) is 5.76. The van der Waals surface area contributed by atoms with Gasteiger partial charge in [0, 0.05) is 23.3 Å². The first kappa shape index (κ1) is 11.2. The summed E-state index contributed by atoms with van der Waals surface area (Å²) in [5.74, 6) is 0. The average Bonchev–Trinajstić information content (AvgIpc) is 2.86. The molecule has 0 aliphatic carbocycles. The van der Waals surface area contributed by atoms with Crippen LogP contribution in [-0.2, 0) is 6.54 Å². The normalized spacial score (nSPS) is 10.7. The summed E-state index contributed by atoms with van der Waals surface area (Å²) < 4.78 is 0. The Bertz CT molecular complexity index is 675. The number of aromatic nitrogens is 1. The molecule has 4 heteroatoms. The molecule has 1 aromatic heterocycles. The summed E-state index contributed by atoms with van der Waals surface area (Å²) in [6.45, 7) is 0.539. The van der Waals surface area contributed by atoms with Gasteiger partial charge < -0.3 is 11.1 Å². The van der Waals surface area contributed by atoms with E-state index in [0.717, 1.165) is 15.7 Å². The fourth-order valence-electron chi connectivity index (χ4n) is 1.85. The largest absolute Gasteiger partial charge is 0.332 e. The van der Waals surface area contributed by atoms with E-state index in [1.165, 1.54) is 10.8 Å². The number of hydrogen-bond acceptors (Lipinski definition) is 4. The molecule has 3 rings (SSSR count). The highest BCUT2D eigenvalue weighted by molar-refractivity contribution is 7.15. The molecule has 0 fully saturated rings. The van der Waals surface area contributed by atoms with Gasteiger partial charge in [-0.05, 0) is 22.9 Å². The second kappa shape index (κ2) is 4.76. The van der Waals surface area contributed by atoms with E-state index in [9.17, 15) is 0 Å².